The van der Waals surface area contributed by atoms with Crippen molar-refractivity contribution in [1.82, 2.24) is 9.55 Å². The molecular formula is C22H30N2O4S2. The molecule has 30 heavy (non-hydrogen) atoms. The number of thioether (sulfide) groups is 1. The van der Waals surface area contributed by atoms with Crippen LogP contribution in [0.15, 0.2) is 22.1 Å². The Labute approximate surface area is 185 Å². The SMILES string of the molecule is C=C(C)Cn1c(SCC(=O)OCCCCC)nc2sc3c(c2c1=O)CC(C)(C)OC3. The van der Waals surface area contributed by atoms with Crippen LogP contribution in [0.25, 0.3) is 10.2 Å². The van der Waals surface area contributed by atoms with Gasteiger partial charge < -0.3 is 9.47 Å². The molecule has 8 heteroatoms. The molecule has 3 heterocycles. The molecule has 0 amide bonds. The van der Waals surface area contributed by atoms with Crippen LogP contribution in [0.4, 0.5) is 0 Å². The highest BCUT2D eigenvalue weighted by Gasteiger charge is 2.31. The number of carbonyl (C=O) groups excluding carboxylic acids is 1. The van der Waals surface area contributed by atoms with E-state index >= 15 is 0 Å². The Morgan fingerprint density at radius 1 is 1.40 bits per heavy atom. The summed E-state index contributed by atoms with van der Waals surface area (Å²) in [6, 6.07) is 0. The summed E-state index contributed by atoms with van der Waals surface area (Å²) in [5.74, 6) is -0.158. The number of hydrogen-bond acceptors (Lipinski definition) is 7. The van der Waals surface area contributed by atoms with Gasteiger partial charge in [0.2, 0.25) is 0 Å². The molecule has 0 atom stereocenters. The van der Waals surface area contributed by atoms with Gasteiger partial charge in [0.25, 0.3) is 5.56 Å². The average molecular weight is 451 g/mol. The maximum Gasteiger partial charge on any atom is 0.316 e. The van der Waals surface area contributed by atoms with Gasteiger partial charge in [-0.15, -0.1) is 11.3 Å². The van der Waals surface area contributed by atoms with Crippen molar-refractivity contribution in [3.05, 3.63) is 32.9 Å². The molecule has 2 aromatic heterocycles. The summed E-state index contributed by atoms with van der Waals surface area (Å²) in [5, 5.41) is 1.21. The van der Waals surface area contributed by atoms with Crippen molar-refractivity contribution >= 4 is 39.3 Å². The maximum absolute atomic E-state index is 13.4. The number of unbranched alkanes of at least 4 members (excludes halogenated alkanes) is 2. The van der Waals surface area contributed by atoms with Gasteiger partial charge in [0.05, 0.1) is 30.0 Å². The molecule has 0 radical (unpaired) electrons. The van der Waals surface area contributed by atoms with E-state index in [1.807, 2.05) is 20.8 Å². The van der Waals surface area contributed by atoms with Crippen LogP contribution in [-0.4, -0.2) is 33.5 Å². The van der Waals surface area contributed by atoms with Crippen LogP contribution in [0.2, 0.25) is 0 Å². The van der Waals surface area contributed by atoms with Crippen molar-refractivity contribution < 1.29 is 14.3 Å². The number of hydrogen-bond donors (Lipinski definition) is 0. The minimum atomic E-state index is -0.304. The molecular weight excluding hydrogens is 420 g/mol. The molecule has 1 aliphatic heterocycles. The van der Waals surface area contributed by atoms with E-state index in [4.69, 9.17) is 14.5 Å². The summed E-state index contributed by atoms with van der Waals surface area (Å²) in [4.78, 5) is 32.1. The van der Waals surface area contributed by atoms with Gasteiger partial charge in [0.15, 0.2) is 5.16 Å². The molecule has 0 N–H and O–H groups in total. The van der Waals surface area contributed by atoms with Crippen molar-refractivity contribution in [1.29, 1.82) is 0 Å². The number of aromatic nitrogens is 2. The third-order valence-electron chi connectivity index (χ3n) is 4.91. The van der Waals surface area contributed by atoms with Crippen LogP contribution >= 0.6 is 23.1 Å². The Bertz CT molecular complexity index is 1010. The van der Waals surface area contributed by atoms with Gasteiger partial charge in [-0.2, -0.15) is 0 Å². The standard InChI is InChI=1S/C22H30N2O4S2/c1-6-7-8-9-27-17(25)13-29-21-23-19-18(20(26)24(21)11-14(2)3)15-10-22(4,5)28-12-16(15)30-19/h2,6-13H2,1,3-5H3. The summed E-state index contributed by atoms with van der Waals surface area (Å²) < 4.78 is 12.8. The van der Waals surface area contributed by atoms with E-state index in [-0.39, 0.29) is 22.9 Å². The molecule has 6 nitrogen and oxygen atoms in total. The van der Waals surface area contributed by atoms with Crippen LogP contribution < -0.4 is 5.56 Å². The monoisotopic (exact) mass is 450 g/mol. The van der Waals surface area contributed by atoms with E-state index < -0.39 is 0 Å². The highest BCUT2D eigenvalue weighted by Crippen LogP contribution is 2.37. The van der Waals surface area contributed by atoms with Crippen molar-refractivity contribution in [3.63, 3.8) is 0 Å². The van der Waals surface area contributed by atoms with Crippen molar-refractivity contribution in [2.24, 2.45) is 0 Å². The van der Waals surface area contributed by atoms with Crippen LogP contribution in [0.5, 0.6) is 0 Å². The van der Waals surface area contributed by atoms with Gasteiger partial charge in [-0.3, -0.25) is 14.2 Å². The number of fused-ring (bicyclic) bond motifs is 3. The number of ether oxygens (including phenoxy) is 2. The molecule has 164 valence electrons. The first-order chi connectivity index (χ1) is 14.2. The van der Waals surface area contributed by atoms with Crippen molar-refractivity contribution in [3.8, 4) is 0 Å². The number of nitrogens with zero attached hydrogens (tertiary/aromatic N) is 2. The molecule has 0 aliphatic carbocycles. The number of carbonyl (C=O) groups is 1. The molecule has 0 spiro atoms. The number of thiophene rings is 1. The minimum Gasteiger partial charge on any atom is -0.465 e. The Hall–Kier alpha value is -1.64. The van der Waals surface area contributed by atoms with Crippen LogP contribution in [-0.2, 0) is 33.8 Å². The lowest BCUT2D eigenvalue weighted by Gasteiger charge is -2.29. The first kappa shape index (κ1) is 23.0. The Kier molecular flexibility index (Phi) is 7.42. The zero-order valence-corrected chi connectivity index (χ0v) is 19.8. The van der Waals surface area contributed by atoms with Crippen LogP contribution in [0, 0.1) is 0 Å². The largest absolute Gasteiger partial charge is 0.465 e. The number of rotatable bonds is 9. The van der Waals surface area contributed by atoms with E-state index in [1.165, 1.54) is 23.1 Å². The zero-order valence-electron chi connectivity index (χ0n) is 18.2. The fourth-order valence-electron chi connectivity index (χ4n) is 3.43. The van der Waals surface area contributed by atoms with Gasteiger partial charge in [0.1, 0.15) is 4.83 Å². The maximum atomic E-state index is 13.4. The number of esters is 1. The predicted octanol–water partition coefficient (Wildman–Crippen LogP) is 4.71. The third-order valence-corrected chi connectivity index (χ3v) is 6.96. The van der Waals surface area contributed by atoms with E-state index in [0.717, 1.165) is 35.3 Å². The molecule has 0 saturated heterocycles. The highest BCUT2D eigenvalue weighted by atomic mass is 32.2. The second-order valence-corrected chi connectivity index (χ2v) is 10.4. The predicted molar refractivity (Wildman–Crippen MR) is 122 cm³/mol. The molecule has 2 aromatic rings. The molecule has 3 rings (SSSR count). The summed E-state index contributed by atoms with van der Waals surface area (Å²) in [7, 11) is 0. The van der Waals surface area contributed by atoms with Gasteiger partial charge in [0, 0.05) is 17.8 Å². The Morgan fingerprint density at radius 3 is 2.87 bits per heavy atom. The van der Waals surface area contributed by atoms with Gasteiger partial charge >= 0.3 is 5.97 Å². The van der Waals surface area contributed by atoms with E-state index in [2.05, 4.69) is 13.5 Å². The lowest BCUT2D eigenvalue weighted by atomic mass is 9.94. The van der Waals surface area contributed by atoms with Gasteiger partial charge in [-0.05, 0) is 32.8 Å². The first-order valence-corrected chi connectivity index (χ1v) is 12.1. The third kappa shape index (κ3) is 5.34. The smallest absolute Gasteiger partial charge is 0.316 e. The van der Waals surface area contributed by atoms with E-state index in [0.29, 0.717) is 41.6 Å². The quantitative estimate of drug-likeness (QED) is 0.181. The zero-order chi connectivity index (χ0) is 21.9. The molecule has 1 aliphatic rings. The van der Waals surface area contributed by atoms with E-state index in [1.54, 1.807) is 4.57 Å². The Balaban J connectivity index is 1.89. The molecule has 0 saturated carbocycles. The average Bonchev–Trinajstić information content (AvgIpc) is 3.02. The fourth-order valence-corrected chi connectivity index (χ4v) is 5.37. The molecule has 0 bridgehead atoms. The Morgan fingerprint density at radius 2 is 2.17 bits per heavy atom. The molecule has 0 unspecified atom stereocenters. The van der Waals surface area contributed by atoms with Gasteiger partial charge in [-0.25, -0.2) is 4.98 Å². The highest BCUT2D eigenvalue weighted by molar-refractivity contribution is 7.99. The first-order valence-electron chi connectivity index (χ1n) is 10.3. The molecule has 0 aromatic carbocycles. The second kappa shape index (κ2) is 9.66. The van der Waals surface area contributed by atoms with E-state index in [9.17, 15) is 9.59 Å². The van der Waals surface area contributed by atoms with Crippen LogP contribution in [0.1, 0.15) is 57.4 Å². The lowest BCUT2D eigenvalue weighted by Crippen LogP contribution is -2.32. The number of allylic oxidation sites excluding steroid dienone is 1. The summed E-state index contributed by atoms with van der Waals surface area (Å²) in [5.41, 5.74) is 1.53. The van der Waals surface area contributed by atoms with Crippen LogP contribution in [0.3, 0.4) is 0 Å². The normalized spacial score (nSPS) is 15.2. The van der Waals surface area contributed by atoms with Crippen molar-refractivity contribution in [2.45, 2.75) is 77.3 Å². The summed E-state index contributed by atoms with van der Waals surface area (Å²) >= 11 is 2.76. The minimum absolute atomic E-state index is 0.0722. The second-order valence-electron chi connectivity index (χ2n) is 8.37. The van der Waals surface area contributed by atoms with Gasteiger partial charge in [-0.1, -0.05) is 43.7 Å². The summed E-state index contributed by atoms with van der Waals surface area (Å²) in [6.45, 7) is 13.3. The van der Waals surface area contributed by atoms with Crippen molar-refractivity contribution in [2.75, 3.05) is 12.4 Å². The summed E-state index contributed by atoms with van der Waals surface area (Å²) in [6.07, 6.45) is 3.68. The molecule has 0 fully saturated rings. The fraction of sp³-hybridized carbons (Fsp3) is 0.591. The lowest BCUT2D eigenvalue weighted by molar-refractivity contribution is -0.140. The topological polar surface area (TPSA) is 70.4 Å².